The lowest BCUT2D eigenvalue weighted by molar-refractivity contribution is 0.539. The van der Waals surface area contributed by atoms with Crippen molar-refractivity contribution in [1.82, 2.24) is 0 Å². The summed E-state index contributed by atoms with van der Waals surface area (Å²) in [6.07, 6.45) is 0. The van der Waals surface area contributed by atoms with Crippen molar-refractivity contribution in [1.29, 1.82) is 0 Å². The van der Waals surface area contributed by atoms with E-state index in [4.69, 9.17) is 5.73 Å². The Bertz CT molecular complexity index is 353. The van der Waals surface area contributed by atoms with Crippen LogP contribution in [0.25, 0.3) is 0 Å². The van der Waals surface area contributed by atoms with Crippen molar-refractivity contribution in [2.75, 3.05) is 6.54 Å². The molecule has 0 radical (unpaired) electrons. The number of hydrogen-bond donors (Lipinski definition) is 1. The van der Waals surface area contributed by atoms with Crippen LogP contribution in [0.5, 0.6) is 0 Å². The van der Waals surface area contributed by atoms with Crippen LogP contribution in [0, 0.1) is 29.3 Å². The van der Waals surface area contributed by atoms with E-state index < -0.39 is 23.0 Å². The van der Waals surface area contributed by atoms with Gasteiger partial charge in [0.1, 0.15) is 17.5 Å². The van der Waals surface area contributed by atoms with Crippen molar-refractivity contribution < 1.29 is 13.2 Å². The molecule has 1 aromatic carbocycles. The molecule has 0 aromatic heterocycles. The molecule has 1 aromatic rings. The molecule has 0 unspecified atom stereocenters. The van der Waals surface area contributed by atoms with Gasteiger partial charge in [-0.05, 0) is 0 Å². The first kappa shape index (κ1) is 9.62. The zero-order valence-corrected chi connectivity index (χ0v) is 6.57. The highest BCUT2D eigenvalue weighted by molar-refractivity contribution is 5.37. The molecule has 0 heterocycles. The van der Waals surface area contributed by atoms with Gasteiger partial charge in [0.05, 0.1) is 12.1 Å². The van der Waals surface area contributed by atoms with Crippen LogP contribution in [0.3, 0.4) is 0 Å². The van der Waals surface area contributed by atoms with Gasteiger partial charge in [0, 0.05) is 12.1 Å². The third-order valence-corrected chi connectivity index (χ3v) is 1.32. The maximum absolute atomic E-state index is 12.8. The Hall–Kier alpha value is -1.47. The summed E-state index contributed by atoms with van der Waals surface area (Å²) in [4.78, 5) is 0. The van der Waals surface area contributed by atoms with Crippen molar-refractivity contribution in [3.05, 3.63) is 35.1 Å². The second kappa shape index (κ2) is 3.97. The molecule has 0 saturated heterocycles. The van der Waals surface area contributed by atoms with Gasteiger partial charge in [-0.25, -0.2) is 13.2 Å². The van der Waals surface area contributed by atoms with Gasteiger partial charge in [0.25, 0.3) is 0 Å². The molecule has 0 fully saturated rings. The quantitative estimate of drug-likeness (QED) is 0.607. The van der Waals surface area contributed by atoms with Crippen LogP contribution in [0.15, 0.2) is 12.1 Å². The van der Waals surface area contributed by atoms with Crippen molar-refractivity contribution in [3.63, 3.8) is 0 Å². The zero-order chi connectivity index (χ0) is 9.84. The molecule has 0 atom stereocenters. The summed E-state index contributed by atoms with van der Waals surface area (Å²) in [7, 11) is 0. The fraction of sp³-hybridized carbons (Fsp3) is 0.111. The van der Waals surface area contributed by atoms with E-state index in [0.29, 0.717) is 12.1 Å². The Morgan fingerprint density at radius 1 is 1.15 bits per heavy atom. The highest BCUT2D eigenvalue weighted by Crippen LogP contribution is 2.12. The Labute approximate surface area is 73.4 Å². The average molecular weight is 185 g/mol. The first-order chi connectivity index (χ1) is 6.15. The number of rotatable bonds is 0. The van der Waals surface area contributed by atoms with Gasteiger partial charge >= 0.3 is 0 Å². The molecule has 1 rings (SSSR count). The van der Waals surface area contributed by atoms with Crippen LogP contribution in [0.2, 0.25) is 0 Å². The molecule has 0 saturated carbocycles. The highest BCUT2D eigenvalue weighted by atomic mass is 19.1. The van der Waals surface area contributed by atoms with Gasteiger partial charge in [-0.2, -0.15) is 0 Å². The summed E-state index contributed by atoms with van der Waals surface area (Å²) in [5.74, 6) is 1.46. The van der Waals surface area contributed by atoms with E-state index in [1.54, 1.807) is 0 Å². The summed E-state index contributed by atoms with van der Waals surface area (Å²) < 4.78 is 38.0. The van der Waals surface area contributed by atoms with Gasteiger partial charge in [-0.15, -0.1) is 0 Å². The van der Waals surface area contributed by atoms with Crippen LogP contribution in [-0.2, 0) is 0 Å². The van der Waals surface area contributed by atoms with Crippen LogP contribution in [-0.4, -0.2) is 6.54 Å². The van der Waals surface area contributed by atoms with Gasteiger partial charge in [-0.1, -0.05) is 11.8 Å². The smallest absolute Gasteiger partial charge is 0.144 e. The molecule has 2 N–H and O–H groups in total. The Balaban J connectivity index is 3.21. The van der Waals surface area contributed by atoms with E-state index in [1.807, 2.05) is 0 Å². The maximum Gasteiger partial charge on any atom is 0.144 e. The van der Waals surface area contributed by atoms with Crippen molar-refractivity contribution in [2.24, 2.45) is 5.73 Å². The third-order valence-electron chi connectivity index (χ3n) is 1.32. The standard InChI is InChI=1S/C9H6F3N/c10-6-4-8(11)7(2-1-3-13)9(12)5-6/h4-5H,3,13H2. The minimum absolute atomic E-state index is 0.00371. The first-order valence-corrected chi connectivity index (χ1v) is 3.48. The Morgan fingerprint density at radius 3 is 2.15 bits per heavy atom. The fourth-order valence-electron chi connectivity index (χ4n) is 0.801. The van der Waals surface area contributed by atoms with E-state index in [9.17, 15) is 13.2 Å². The Morgan fingerprint density at radius 2 is 1.69 bits per heavy atom. The lowest BCUT2D eigenvalue weighted by Gasteiger charge is -1.96. The lowest BCUT2D eigenvalue weighted by Crippen LogP contribution is -1.96. The second-order valence-electron chi connectivity index (χ2n) is 2.25. The fourth-order valence-corrected chi connectivity index (χ4v) is 0.801. The minimum Gasteiger partial charge on any atom is -0.320 e. The molecule has 4 heteroatoms. The van der Waals surface area contributed by atoms with Crippen molar-refractivity contribution in [3.8, 4) is 11.8 Å². The number of halogens is 3. The number of hydrogen-bond acceptors (Lipinski definition) is 1. The summed E-state index contributed by atoms with van der Waals surface area (Å²) in [6, 6.07) is 1.15. The predicted molar refractivity (Wildman–Crippen MR) is 42.2 cm³/mol. The lowest BCUT2D eigenvalue weighted by atomic mass is 10.2. The normalized spacial score (nSPS) is 9.23. The van der Waals surface area contributed by atoms with Crippen molar-refractivity contribution in [2.45, 2.75) is 0 Å². The SMILES string of the molecule is NCC#Cc1c(F)cc(F)cc1F. The number of benzene rings is 1. The summed E-state index contributed by atoms with van der Waals surface area (Å²) in [6.45, 7) is -0.00371. The molecule has 0 aliphatic heterocycles. The molecule has 0 aliphatic carbocycles. The van der Waals surface area contributed by atoms with Crippen LogP contribution in [0.4, 0.5) is 13.2 Å². The van der Waals surface area contributed by atoms with Crippen LogP contribution < -0.4 is 5.73 Å². The monoisotopic (exact) mass is 185 g/mol. The largest absolute Gasteiger partial charge is 0.320 e. The van der Waals surface area contributed by atoms with Crippen LogP contribution >= 0.6 is 0 Å². The second-order valence-corrected chi connectivity index (χ2v) is 2.25. The third kappa shape index (κ3) is 2.23. The first-order valence-electron chi connectivity index (χ1n) is 3.48. The molecule has 0 amide bonds. The van der Waals surface area contributed by atoms with E-state index in [1.165, 1.54) is 0 Å². The number of nitrogens with two attached hydrogens (primary N) is 1. The highest BCUT2D eigenvalue weighted by Gasteiger charge is 2.08. The van der Waals surface area contributed by atoms with E-state index in [0.717, 1.165) is 0 Å². The molecular formula is C9H6F3N. The average Bonchev–Trinajstić information content (AvgIpc) is 2.02. The molecule has 0 spiro atoms. The van der Waals surface area contributed by atoms with Gasteiger partial charge < -0.3 is 5.73 Å². The Kier molecular flexibility index (Phi) is 2.93. The van der Waals surface area contributed by atoms with Gasteiger partial charge in [0.15, 0.2) is 0 Å². The van der Waals surface area contributed by atoms with Crippen molar-refractivity contribution >= 4 is 0 Å². The topological polar surface area (TPSA) is 26.0 Å². The molecule has 68 valence electrons. The molecular weight excluding hydrogens is 179 g/mol. The zero-order valence-electron chi connectivity index (χ0n) is 6.57. The summed E-state index contributed by atoms with van der Waals surface area (Å²) in [5.41, 5.74) is 4.56. The van der Waals surface area contributed by atoms with Gasteiger partial charge in [-0.3, -0.25) is 0 Å². The summed E-state index contributed by atoms with van der Waals surface area (Å²) in [5, 5.41) is 0. The van der Waals surface area contributed by atoms with Gasteiger partial charge in [0.2, 0.25) is 0 Å². The maximum atomic E-state index is 12.8. The minimum atomic E-state index is -1.02. The molecule has 1 nitrogen and oxygen atoms in total. The van der Waals surface area contributed by atoms with E-state index in [-0.39, 0.29) is 6.54 Å². The van der Waals surface area contributed by atoms with Crippen LogP contribution in [0.1, 0.15) is 5.56 Å². The molecule has 0 bridgehead atoms. The molecule has 13 heavy (non-hydrogen) atoms. The summed E-state index contributed by atoms with van der Waals surface area (Å²) >= 11 is 0. The predicted octanol–water partition coefficient (Wildman–Crippen LogP) is 1.41. The molecule has 0 aliphatic rings. The van der Waals surface area contributed by atoms with E-state index >= 15 is 0 Å². The van der Waals surface area contributed by atoms with E-state index in [2.05, 4.69) is 11.8 Å².